The van der Waals surface area contributed by atoms with Crippen LogP contribution in [0.5, 0.6) is 0 Å². The number of nitrogens with two attached hydrogens (primary N) is 1. The molecule has 1 atom stereocenters. The number of ether oxygens (including phenoxy) is 1. The van der Waals surface area contributed by atoms with E-state index in [4.69, 9.17) is 10.5 Å². The van der Waals surface area contributed by atoms with Crippen molar-refractivity contribution in [3.05, 3.63) is 35.4 Å². The molecule has 0 aliphatic carbocycles. The first-order chi connectivity index (χ1) is 8.95. The lowest BCUT2D eigenvalue weighted by Crippen LogP contribution is -2.55. The molecule has 0 aromatic heterocycles. The Bertz CT molecular complexity index is 451. The predicted octanol–water partition coefficient (Wildman–Crippen LogP) is 2.08. The number of nitrogens with zero attached hydrogens (tertiary/aromatic N) is 1. The van der Waals surface area contributed by atoms with Crippen LogP contribution in [-0.4, -0.2) is 36.7 Å². The van der Waals surface area contributed by atoms with Crippen molar-refractivity contribution in [2.45, 2.75) is 25.4 Å². The summed E-state index contributed by atoms with van der Waals surface area (Å²) in [4.78, 5) is 2.20. The molecule has 3 nitrogen and oxygen atoms in total. The molecular formula is C14H20F2N2O. The molecule has 5 heteroatoms. The summed E-state index contributed by atoms with van der Waals surface area (Å²) in [5.41, 5.74) is 6.38. The first kappa shape index (κ1) is 14.4. The van der Waals surface area contributed by atoms with Gasteiger partial charge in [0, 0.05) is 24.7 Å². The van der Waals surface area contributed by atoms with Crippen LogP contribution in [-0.2, 0) is 4.74 Å². The Morgan fingerprint density at radius 2 is 2.11 bits per heavy atom. The third-order valence-corrected chi connectivity index (χ3v) is 3.64. The van der Waals surface area contributed by atoms with E-state index in [0.29, 0.717) is 25.3 Å². The smallest absolute Gasteiger partial charge is 0.159 e. The minimum Gasteiger partial charge on any atom is -0.378 e. The van der Waals surface area contributed by atoms with E-state index in [0.717, 1.165) is 12.6 Å². The van der Waals surface area contributed by atoms with E-state index < -0.39 is 11.6 Å². The predicted molar refractivity (Wildman–Crippen MR) is 69.8 cm³/mol. The third kappa shape index (κ3) is 2.94. The molecule has 1 aromatic rings. The van der Waals surface area contributed by atoms with Crippen molar-refractivity contribution in [1.82, 2.24) is 4.90 Å². The summed E-state index contributed by atoms with van der Waals surface area (Å²) in [6.07, 6.45) is 0. The van der Waals surface area contributed by atoms with Gasteiger partial charge in [-0.1, -0.05) is 6.07 Å². The van der Waals surface area contributed by atoms with Crippen molar-refractivity contribution < 1.29 is 13.5 Å². The molecule has 0 spiro atoms. The molecule has 0 amide bonds. The molecule has 1 saturated heterocycles. The van der Waals surface area contributed by atoms with E-state index in [2.05, 4.69) is 18.7 Å². The van der Waals surface area contributed by atoms with Gasteiger partial charge in [-0.25, -0.2) is 8.78 Å². The van der Waals surface area contributed by atoms with Gasteiger partial charge in [-0.05, 0) is 31.5 Å². The Hall–Kier alpha value is -1.04. The summed E-state index contributed by atoms with van der Waals surface area (Å²) in [5, 5.41) is 0. The third-order valence-electron chi connectivity index (χ3n) is 3.64. The maximum Gasteiger partial charge on any atom is 0.159 e. The maximum absolute atomic E-state index is 13.4. The molecule has 1 aliphatic rings. The molecule has 0 bridgehead atoms. The number of hydrogen-bond acceptors (Lipinski definition) is 3. The Kier molecular flexibility index (Phi) is 4.18. The standard InChI is InChI=1S/C14H20F2N2O/c1-14(2)9-19-6-5-18(14)13(8-17)10-3-4-11(15)12(16)7-10/h3-4,7,13H,5-6,8-9,17H2,1-2H3. The van der Waals surface area contributed by atoms with E-state index in [1.807, 2.05) is 0 Å². The van der Waals surface area contributed by atoms with E-state index in [1.54, 1.807) is 6.07 Å². The highest BCUT2D eigenvalue weighted by molar-refractivity contribution is 5.22. The number of rotatable bonds is 3. The van der Waals surface area contributed by atoms with Gasteiger partial charge in [0.2, 0.25) is 0 Å². The van der Waals surface area contributed by atoms with Gasteiger partial charge >= 0.3 is 0 Å². The van der Waals surface area contributed by atoms with Gasteiger partial charge in [0.1, 0.15) is 0 Å². The van der Waals surface area contributed by atoms with Crippen LogP contribution >= 0.6 is 0 Å². The number of benzene rings is 1. The Morgan fingerprint density at radius 3 is 2.68 bits per heavy atom. The zero-order valence-corrected chi connectivity index (χ0v) is 11.3. The first-order valence-electron chi connectivity index (χ1n) is 6.45. The highest BCUT2D eigenvalue weighted by atomic mass is 19.2. The molecule has 1 unspecified atom stereocenters. The summed E-state index contributed by atoms with van der Waals surface area (Å²) in [7, 11) is 0. The molecule has 1 fully saturated rings. The molecule has 1 heterocycles. The highest BCUT2D eigenvalue weighted by Crippen LogP contribution is 2.30. The van der Waals surface area contributed by atoms with Crippen LogP contribution in [0.4, 0.5) is 8.78 Å². The Balaban J connectivity index is 2.30. The molecular weight excluding hydrogens is 250 g/mol. The normalized spacial score (nSPS) is 21.3. The lowest BCUT2D eigenvalue weighted by atomic mass is 9.95. The van der Waals surface area contributed by atoms with Crippen LogP contribution in [0.1, 0.15) is 25.5 Å². The van der Waals surface area contributed by atoms with Crippen LogP contribution in [0.25, 0.3) is 0 Å². The number of morpholine rings is 1. The van der Waals surface area contributed by atoms with Gasteiger partial charge in [0.25, 0.3) is 0 Å². The molecule has 2 N–H and O–H groups in total. The first-order valence-corrected chi connectivity index (χ1v) is 6.45. The quantitative estimate of drug-likeness (QED) is 0.914. The van der Waals surface area contributed by atoms with Gasteiger partial charge < -0.3 is 10.5 Å². The molecule has 0 saturated carbocycles. The molecule has 19 heavy (non-hydrogen) atoms. The zero-order valence-electron chi connectivity index (χ0n) is 11.3. The van der Waals surface area contributed by atoms with Gasteiger partial charge in [0.15, 0.2) is 11.6 Å². The van der Waals surface area contributed by atoms with E-state index in [9.17, 15) is 8.78 Å². The molecule has 0 radical (unpaired) electrons. The second kappa shape index (κ2) is 5.53. The minimum absolute atomic E-state index is 0.131. The Labute approximate surface area is 112 Å². The van der Waals surface area contributed by atoms with Crippen molar-refractivity contribution in [3.8, 4) is 0 Å². The zero-order chi connectivity index (χ0) is 14.0. The SMILES string of the molecule is CC1(C)COCCN1C(CN)c1ccc(F)c(F)c1. The van der Waals surface area contributed by atoms with Gasteiger partial charge in [-0.2, -0.15) is 0 Å². The monoisotopic (exact) mass is 270 g/mol. The van der Waals surface area contributed by atoms with Gasteiger partial charge in [-0.15, -0.1) is 0 Å². The van der Waals surface area contributed by atoms with Crippen molar-refractivity contribution in [1.29, 1.82) is 0 Å². The van der Waals surface area contributed by atoms with Gasteiger partial charge in [-0.3, -0.25) is 4.90 Å². The number of hydrogen-bond donors (Lipinski definition) is 1. The summed E-state index contributed by atoms with van der Waals surface area (Å²) >= 11 is 0. The molecule has 106 valence electrons. The molecule has 1 aromatic carbocycles. The summed E-state index contributed by atoms with van der Waals surface area (Å²) < 4.78 is 31.9. The Morgan fingerprint density at radius 1 is 1.37 bits per heavy atom. The van der Waals surface area contributed by atoms with Crippen LogP contribution in [0.3, 0.4) is 0 Å². The fourth-order valence-corrected chi connectivity index (χ4v) is 2.61. The lowest BCUT2D eigenvalue weighted by Gasteiger charge is -2.46. The van der Waals surface area contributed by atoms with E-state index >= 15 is 0 Å². The maximum atomic E-state index is 13.4. The molecule has 2 rings (SSSR count). The fourth-order valence-electron chi connectivity index (χ4n) is 2.61. The van der Waals surface area contributed by atoms with Crippen LogP contribution in [0, 0.1) is 11.6 Å². The topological polar surface area (TPSA) is 38.5 Å². The minimum atomic E-state index is -0.833. The summed E-state index contributed by atoms with van der Waals surface area (Å²) in [6, 6.07) is 3.86. The second-order valence-electron chi connectivity index (χ2n) is 5.48. The average Bonchev–Trinajstić information content (AvgIpc) is 2.36. The van der Waals surface area contributed by atoms with Crippen molar-refractivity contribution in [2.24, 2.45) is 5.73 Å². The summed E-state index contributed by atoms with van der Waals surface area (Å²) in [6.45, 7) is 6.45. The second-order valence-corrected chi connectivity index (χ2v) is 5.48. The van der Waals surface area contributed by atoms with E-state index in [1.165, 1.54) is 6.07 Å². The highest BCUT2D eigenvalue weighted by Gasteiger charge is 2.35. The van der Waals surface area contributed by atoms with Crippen molar-refractivity contribution >= 4 is 0 Å². The van der Waals surface area contributed by atoms with E-state index in [-0.39, 0.29) is 11.6 Å². The lowest BCUT2D eigenvalue weighted by molar-refractivity contribution is -0.0713. The average molecular weight is 270 g/mol. The van der Waals surface area contributed by atoms with Crippen LogP contribution in [0.15, 0.2) is 18.2 Å². The van der Waals surface area contributed by atoms with Crippen LogP contribution in [0.2, 0.25) is 0 Å². The fraction of sp³-hybridized carbons (Fsp3) is 0.571. The largest absolute Gasteiger partial charge is 0.378 e. The van der Waals surface area contributed by atoms with Crippen molar-refractivity contribution in [3.63, 3.8) is 0 Å². The van der Waals surface area contributed by atoms with Crippen molar-refractivity contribution in [2.75, 3.05) is 26.3 Å². The molecule has 1 aliphatic heterocycles. The summed E-state index contributed by atoms with van der Waals surface area (Å²) in [5.74, 6) is -1.66. The number of halogens is 2. The van der Waals surface area contributed by atoms with Gasteiger partial charge in [0.05, 0.1) is 13.2 Å². The van der Waals surface area contributed by atoms with Crippen LogP contribution < -0.4 is 5.73 Å².